The Bertz CT molecular complexity index is 1500. The van der Waals surface area contributed by atoms with Crippen LogP contribution in [0.2, 0.25) is 5.02 Å². The molecule has 0 N–H and O–H groups in total. The van der Waals surface area contributed by atoms with Gasteiger partial charge < -0.3 is 0 Å². The lowest BCUT2D eigenvalue weighted by molar-refractivity contribution is 0.180. The van der Waals surface area contributed by atoms with Crippen molar-refractivity contribution in [2.75, 3.05) is 26.2 Å². The largest absolute Gasteiger partial charge is 0.295 e. The molecule has 12 heteroatoms. The number of sulfonamides is 1. The van der Waals surface area contributed by atoms with Gasteiger partial charge in [-0.2, -0.15) is 13.9 Å². The third-order valence-corrected chi connectivity index (χ3v) is 8.68. The molecular weight excluding hydrogens is 501 g/mol. The number of fused-ring (bicyclic) bond motifs is 1. The van der Waals surface area contributed by atoms with Crippen LogP contribution in [0.3, 0.4) is 0 Å². The predicted molar refractivity (Wildman–Crippen MR) is 128 cm³/mol. The van der Waals surface area contributed by atoms with Gasteiger partial charge in [-0.3, -0.25) is 9.69 Å². The SMILES string of the molecule is O=c1cc(CN2CCN(S(=O)(=O)c3ccc(F)cc3)CC2)nc2sc(-c3ccc(Cl)cc3)nn12. The van der Waals surface area contributed by atoms with Gasteiger partial charge in [0.2, 0.25) is 15.0 Å². The molecule has 1 fully saturated rings. The summed E-state index contributed by atoms with van der Waals surface area (Å²) in [7, 11) is -3.68. The number of nitrogens with zero attached hydrogens (tertiary/aromatic N) is 5. The summed E-state index contributed by atoms with van der Waals surface area (Å²) in [5, 5.41) is 5.66. The molecule has 34 heavy (non-hydrogen) atoms. The molecule has 2 aromatic heterocycles. The van der Waals surface area contributed by atoms with Gasteiger partial charge in [-0.25, -0.2) is 17.8 Å². The van der Waals surface area contributed by atoms with E-state index in [1.807, 2.05) is 12.1 Å². The maximum atomic E-state index is 13.2. The van der Waals surface area contributed by atoms with Gasteiger partial charge in [-0.15, -0.1) is 0 Å². The summed E-state index contributed by atoms with van der Waals surface area (Å²) in [6, 6.07) is 13.5. The second kappa shape index (κ2) is 9.16. The number of halogens is 2. The number of rotatable bonds is 5. The fourth-order valence-corrected chi connectivity index (χ4v) is 6.24. The van der Waals surface area contributed by atoms with Crippen molar-refractivity contribution in [1.82, 2.24) is 23.8 Å². The lowest BCUT2D eigenvalue weighted by Crippen LogP contribution is -2.48. The first-order valence-corrected chi connectivity index (χ1v) is 13.1. The highest BCUT2D eigenvalue weighted by atomic mass is 35.5. The van der Waals surface area contributed by atoms with Crippen LogP contribution in [0.1, 0.15) is 5.69 Å². The smallest absolute Gasteiger partial charge is 0.275 e. The van der Waals surface area contributed by atoms with E-state index >= 15 is 0 Å². The summed E-state index contributed by atoms with van der Waals surface area (Å²) in [6.07, 6.45) is 0. The molecule has 0 spiro atoms. The zero-order valence-electron chi connectivity index (χ0n) is 17.8. The first-order valence-electron chi connectivity index (χ1n) is 10.4. The number of aromatic nitrogens is 3. The van der Waals surface area contributed by atoms with E-state index in [2.05, 4.69) is 15.0 Å². The van der Waals surface area contributed by atoms with Gasteiger partial charge in [0.25, 0.3) is 5.56 Å². The fourth-order valence-electron chi connectivity index (χ4n) is 3.76. The van der Waals surface area contributed by atoms with Crippen molar-refractivity contribution in [3.63, 3.8) is 0 Å². The van der Waals surface area contributed by atoms with E-state index in [-0.39, 0.29) is 10.5 Å². The van der Waals surface area contributed by atoms with E-state index in [0.29, 0.717) is 53.4 Å². The Morgan fingerprint density at radius 1 is 1.00 bits per heavy atom. The highest BCUT2D eigenvalue weighted by Crippen LogP contribution is 2.26. The van der Waals surface area contributed by atoms with Crippen LogP contribution < -0.4 is 5.56 Å². The fraction of sp³-hybridized carbons (Fsp3) is 0.227. The van der Waals surface area contributed by atoms with Crippen molar-refractivity contribution in [2.24, 2.45) is 0 Å². The number of benzene rings is 2. The summed E-state index contributed by atoms with van der Waals surface area (Å²) >= 11 is 7.26. The van der Waals surface area contributed by atoms with E-state index in [9.17, 15) is 17.6 Å². The molecule has 1 saturated heterocycles. The maximum Gasteiger partial charge on any atom is 0.275 e. The Labute approximate surface area is 203 Å². The van der Waals surface area contributed by atoms with Crippen LogP contribution in [0.4, 0.5) is 4.39 Å². The maximum absolute atomic E-state index is 13.2. The van der Waals surface area contributed by atoms with Gasteiger partial charge in [0.15, 0.2) is 0 Å². The highest BCUT2D eigenvalue weighted by Gasteiger charge is 2.28. The molecule has 0 unspecified atom stereocenters. The first-order chi connectivity index (χ1) is 16.3. The van der Waals surface area contributed by atoms with Crippen LogP contribution in [0.5, 0.6) is 0 Å². The third-order valence-electron chi connectivity index (χ3n) is 5.56. The third kappa shape index (κ3) is 4.62. The topological polar surface area (TPSA) is 87.9 Å². The molecule has 0 bridgehead atoms. The van der Waals surface area contributed by atoms with Gasteiger partial charge in [0.1, 0.15) is 10.8 Å². The van der Waals surface area contributed by atoms with Crippen molar-refractivity contribution in [3.05, 3.63) is 81.5 Å². The lowest BCUT2D eigenvalue weighted by Gasteiger charge is -2.33. The van der Waals surface area contributed by atoms with E-state index in [0.717, 1.165) is 17.7 Å². The Morgan fingerprint density at radius 3 is 2.35 bits per heavy atom. The minimum absolute atomic E-state index is 0.0733. The van der Waals surface area contributed by atoms with Crippen LogP contribution in [0.25, 0.3) is 15.5 Å². The normalized spacial score (nSPS) is 15.7. The molecule has 0 radical (unpaired) electrons. The molecule has 5 rings (SSSR count). The minimum atomic E-state index is -3.68. The summed E-state index contributed by atoms with van der Waals surface area (Å²) in [5.74, 6) is -0.481. The highest BCUT2D eigenvalue weighted by molar-refractivity contribution is 7.89. The number of piperazine rings is 1. The molecule has 4 aromatic rings. The molecule has 2 aromatic carbocycles. The molecule has 1 aliphatic rings. The summed E-state index contributed by atoms with van der Waals surface area (Å²) < 4.78 is 41.4. The van der Waals surface area contributed by atoms with Crippen molar-refractivity contribution in [1.29, 1.82) is 0 Å². The van der Waals surface area contributed by atoms with E-state index in [1.165, 1.54) is 38.4 Å². The Hall–Kier alpha value is -2.70. The van der Waals surface area contributed by atoms with Crippen molar-refractivity contribution >= 4 is 37.9 Å². The van der Waals surface area contributed by atoms with Crippen LogP contribution in [0.15, 0.2) is 64.3 Å². The molecule has 0 amide bonds. The van der Waals surface area contributed by atoms with E-state index < -0.39 is 15.8 Å². The predicted octanol–water partition coefficient (Wildman–Crippen LogP) is 3.12. The van der Waals surface area contributed by atoms with E-state index in [4.69, 9.17) is 11.6 Å². The molecule has 0 saturated carbocycles. The summed E-state index contributed by atoms with van der Waals surface area (Å²) in [4.78, 5) is 19.8. The Kier molecular flexibility index (Phi) is 6.21. The monoisotopic (exact) mass is 519 g/mol. The molecule has 0 aliphatic carbocycles. The van der Waals surface area contributed by atoms with Crippen LogP contribution in [0, 0.1) is 5.82 Å². The zero-order chi connectivity index (χ0) is 23.9. The minimum Gasteiger partial charge on any atom is -0.295 e. The van der Waals surface area contributed by atoms with Crippen LogP contribution in [-0.2, 0) is 16.6 Å². The molecular formula is C22H19ClFN5O3S2. The Balaban J connectivity index is 1.29. The number of hydrogen-bond donors (Lipinski definition) is 0. The van der Waals surface area contributed by atoms with Crippen molar-refractivity contribution in [2.45, 2.75) is 11.4 Å². The van der Waals surface area contributed by atoms with Crippen LogP contribution in [-0.4, -0.2) is 58.4 Å². The van der Waals surface area contributed by atoms with Gasteiger partial charge in [-0.05, 0) is 36.4 Å². The summed E-state index contributed by atoms with van der Waals surface area (Å²) in [5.41, 5.74) is 1.18. The quantitative estimate of drug-likeness (QED) is 0.402. The number of hydrogen-bond acceptors (Lipinski definition) is 7. The average molecular weight is 520 g/mol. The average Bonchev–Trinajstić information content (AvgIpc) is 3.25. The Morgan fingerprint density at radius 2 is 1.68 bits per heavy atom. The molecule has 1 aliphatic heterocycles. The van der Waals surface area contributed by atoms with Gasteiger partial charge in [0, 0.05) is 49.4 Å². The van der Waals surface area contributed by atoms with Gasteiger partial charge in [-0.1, -0.05) is 35.1 Å². The zero-order valence-corrected chi connectivity index (χ0v) is 20.2. The second-order valence-electron chi connectivity index (χ2n) is 7.83. The molecule has 0 atom stereocenters. The van der Waals surface area contributed by atoms with Gasteiger partial charge in [0.05, 0.1) is 10.6 Å². The lowest BCUT2D eigenvalue weighted by atomic mass is 10.2. The van der Waals surface area contributed by atoms with Crippen molar-refractivity contribution < 1.29 is 12.8 Å². The first kappa shape index (κ1) is 23.1. The van der Waals surface area contributed by atoms with E-state index in [1.54, 1.807) is 12.1 Å². The standard InChI is InChI=1S/C22H19ClFN5O3S2/c23-16-3-1-15(2-4-16)21-26-29-20(30)13-18(25-22(29)33-21)14-27-9-11-28(12-10-27)34(31,32)19-7-5-17(24)6-8-19/h1-8,13H,9-12,14H2. The van der Waals surface area contributed by atoms with Crippen LogP contribution >= 0.6 is 22.9 Å². The molecule has 176 valence electrons. The second-order valence-corrected chi connectivity index (χ2v) is 11.2. The molecule has 8 nitrogen and oxygen atoms in total. The van der Waals surface area contributed by atoms with Crippen molar-refractivity contribution in [3.8, 4) is 10.6 Å². The molecule has 3 heterocycles. The van der Waals surface area contributed by atoms with Gasteiger partial charge >= 0.3 is 0 Å². The summed E-state index contributed by atoms with van der Waals surface area (Å²) in [6.45, 7) is 1.98.